The number of carbonyl (C=O) groups excluding carboxylic acids is 1. The summed E-state index contributed by atoms with van der Waals surface area (Å²) in [6.45, 7) is 0.146. The number of fused-ring (bicyclic) bond motifs is 1. The molecule has 0 radical (unpaired) electrons. The average Bonchev–Trinajstić information content (AvgIpc) is 3.38. The van der Waals surface area contributed by atoms with E-state index < -0.39 is 5.92 Å². The first-order chi connectivity index (χ1) is 13.7. The Kier molecular flexibility index (Phi) is 3.66. The molecule has 1 aromatic carbocycles. The van der Waals surface area contributed by atoms with Crippen molar-refractivity contribution in [3.8, 4) is 17.6 Å². The van der Waals surface area contributed by atoms with Crippen LogP contribution < -0.4 is 15.2 Å². The number of allylic oxidation sites excluding steroid dienone is 3. The summed E-state index contributed by atoms with van der Waals surface area (Å²) < 4.78 is 22.0. The molecule has 3 heterocycles. The predicted molar refractivity (Wildman–Crippen MR) is 95.9 cm³/mol. The summed E-state index contributed by atoms with van der Waals surface area (Å²) in [5.74, 6) is 1.69. The van der Waals surface area contributed by atoms with Crippen LogP contribution in [0.15, 0.2) is 63.8 Å². The minimum absolute atomic E-state index is 0.0248. The molecule has 2 atom stereocenters. The average molecular weight is 376 g/mol. The Morgan fingerprint density at radius 2 is 2.00 bits per heavy atom. The molecule has 0 saturated heterocycles. The smallest absolute Gasteiger partial charge is 0.231 e. The molecule has 5 rings (SSSR count). The van der Waals surface area contributed by atoms with E-state index in [-0.39, 0.29) is 36.4 Å². The van der Waals surface area contributed by atoms with Gasteiger partial charge in [-0.3, -0.25) is 4.79 Å². The molecule has 3 aliphatic rings. The van der Waals surface area contributed by atoms with E-state index in [0.29, 0.717) is 29.3 Å². The van der Waals surface area contributed by atoms with Crippen LogP contribution in [0.3, 0.4) is 0 Å². The van der Waals surface area contributed by atoms with Crippen LogP contribution in [0.2, 0.25) is 0 Å². The van der Waals surface area contributed by atoms with Crippen molar-refractivity contribution >= 4 is 5.78 Å². The van der Waals surface area contributed by atoms with Gasteiger partial charge in [0.1, 0.15) is 23.2 Å². The summed E-state index contributed by atoms with van der Waals surface area (Å²) in [5, 5.41) is 9.69. The van der Waals surface area contributed by atoms with E-state index in [1.54, 1.807) is 24.5 Å². The summed E-state index contributed by atoms with van der Waals surface area (Å²) >= 11 is 0. The van der Waals surface area contributed by atoms with Crippen molar-refractivity contribution in [2.45, 2.75) is 24.7 Å². The standard InChI is InChI=1S/C21H16N2O5/c22-9-13-19(11-3-4-16-17(7-11)27-10-26-16)20-14(24)6-12(15-2-1-5-25-15)8-18(20)28-21(13)23/h1-5,7,12,19H,6,8,10,23H2/t12-,19-/m1/s1. The molecule has 7 heteroatoms. The zero-order valence-corrected chi connectivity index (χ0v) is 14.8. The fourth-order valence-electron chi connectivity index (χ4n) is 4.06. The Labute approximate surface area is 160 Å². The number of rotatable bonds is 2. The van der Waals surface area contributed by atoms with E-state index >= 15 is 0 Å². The summed E-state index contributed by atoms with van der Waals surface area (Å²) in [7, 11) is 0. The lowest BCUT2D eigenvalue weighted by Gasteiger charge is -2.33. The number of nitriles is 1. The van der Waals surface area contributed by atoms with E-state index in [1.165, 1.54) is 0 Å². The summed E-state index contributed by atoms with van der Waals surface area (Å²) in [4.78, 5) is 13.1. The van der Waals surface area contributed by atoms with E-state index in [4.69, 9.17) is 24.4 Å². The van der Waals surface area contributed by atoms with Gasteiger partial charge in [0.2, 0.25) is 12.7 Å². The van der Waals surface area contributed by atoms with Gasteiger partial charge in [-0.2, -0.15) is 5.26 Å². The largest absolute Gasteiger partial charge is 0.469 e. The Hall–Kier alpha value is -3.66. The maximum atomic E-state index is 13.1. The number of hydrogen-bond acceptors (Lipinski definition) is 7. The van der Waals surface area contributed by atoms with Crippen molar-refractivity contribution in [2.24, 2.45) is 5.73 Å². The summed E-state index contributed by atoms with van der Waals surface area (Å²) in [6.07, 6.45) is 2.35. The van der Waals surface area contributed by atoms with Crippen LogP contribution in [0.5, 0.6) is 11.5 Å². The minimum Gasteiger partial charge on any atom is -0.469 e. The van der Waals surface area contributed by atoms with Crippen molar-refractivity contribution in [3.63, 3.8) is 0 Å². The molecule has 0 fully saturated rings. The highest BCUT2D eigenvalue weighted by atomic mass is 16.7. The second kappa shape index (κ2) is 6.20. The van der Waals surface area contributed by atoms with Crippen LogP contribution in [0.25, 0.3) is 0 Å². The third kappa shape index (κ3) is 2.46. The monoisotopic (exact) mass is 376 g/mol. The van der Waals surface area contributed by atoms with Crippen LogP contribution in [0, 0.1) is 11.3 Å². The maximum absolute atomic E-state index is 13.1. The van der Waals surface area contributed by atoms with E-state index in [0.717, 1.165) is 11.3 Å². The van der Waals surface area contributed by atoms with Gasteiger partial charge < -0.3 is 24.4 Å². The summed E-state index contributed by atoms with van der Waals surface area (Å²) in [5.41, 5.74) is 7.50. The Bertz CT molecular complexity index is 1070. The van der Waals surface area contributed by atoms with Crippen LogP contribution in [0.4, 0.5) is 0 Å². The number of ketones is 1. The third-order valence-corrected chi connectivity index (χ3v) is 5.34. The molecule has 0 bridgehead atoms. The van der Waals surface area contributed by atoms with Gasteiger partial charge in [-0.05, 0) is 29.8 Å². The highest BCUT2D eigenvalue weighted by Gasteiger charge is 2.41. The number of hydrogen-bond donors (Lipinski definition) is 1. The van der Waals surface area contributed by atoms with Crippen molar-refractivity contribution < 1.29 is 23.4 Å². The van der Waals surface area contributed by atoms with E-state index in [9.17, 15) is 10.1 Å². The molecule has 0 unspecified atom stereocenters. The number of benzene rings is 1. The molecular formula is C21H16N2O5. The molecule has 28 heavy (non-hydrogen) atoms. The van der Waals surface area contributed by atoms with Crippen molar-refractivity contribution in [1.29, 1.82) is 5.26 Å². The summed E-state index contributed by atoms with van der Waals surface area (Å²) in [6, 6.07) is 11.1. The van der Waals surface area contributed by atoms with Gasteiger partial charge in [-0.1, -0.05) is 6.07 Å². The Morgan fingerprint density at radius 3 is 2.79 bits per heavy atom. The number of ether oxygens (including phenoxy) is 3. The molecule has 2 N–H and O–H groups in total. The highest BCUT2D eigenvalue weighted by molar-refractivity contribution is 6.00. The third-order valence-electron chi connectivity index (χ3n) is 5.34. The zero-order valence-electron chi connectivity index (χ0n) is 14.8. The molecular weight excluding hydrogens is 360 g/mol. The number of Topliss-reactive ketones (excluding diaryl/α,β-unsaturated/α-hetero) is 1. The van der Waals surface area contributed by atoms with Gasteiger partial charge >= 0.3 is 0 Å². The first-order valence-corrected chi connectivity index (χ1v) is 8.92. The SMILES string of the molecule is N#CC1=C(N)OC2=C(C(=O)C[C@@H](c3ccco3)C2)[C@@H]1c1ccc2c(c1)OCO2. The second-order valence-electron chi connectivity index (χ2n) is 6.92. The van der Waals surface area contributed by atoms with Gasteiger partial charge in [-0.25, -0.2) is 0 Å². The zero-order chi connectivity index (χ0) is 19.3. The first-order valence-electron chi connectivity index (χ1n) is 8.92. The van der Waals surface area contributed by atoms with Crippen LogP contribution in [-0.4, -0.2) is 12.6 Å². The van der Waals surface area contributed by atoms with E-state index in [2.05, 4.69) is 6.07 Å². The molecule has 1 aliphatic carbocycles. The van der Waals surface area contributed by atoms with Crippen molar-refractivity contribution in [3.05, 3.63) is 70.7 Å². The Balaban J connectivity index is 1.60. The molecule has 2 aromatic rings. The van der Waals surface area contributed by atoms with E-state index in [1.807, 2.05) is 12.1 Å². The lowest BCUT2D eigenvalue weighted by atomic mass is 9.74. The maximum Gasteiger partial charge on any atom is 0.231 e. The van der Waals surface area contributed by atoms with Gasteiger partial charge in [0.15, 0.2) is 17.3 Å². The lowest BCUT2D eigenvalue weighted by Crippen LogP contribution is -2.29. The normalized spacial score (nSPS) is 23.3. The second-order valence-corrected chi connectivity index (χ2v) is 6.92. The number of carbonyl (C=O) groups is 1. The lowest BCUT2D eigenvalue weighted by molar-refractivity contribution is -0.117. The van der Waals surface area contributed by atoms with Crippen LogP contribution in [0.1, 0.15) is 36.0 Å². The molecule has 7 nitrogen and oxygen atoms in total. The molecule has 0 amide bonds. The quantitative estimate of drug-likeness (QED) is 0.857. The number of nitrogens with two attached hydrogens (primary N) is 1. The molecule has 140 valence electrons. The number of nitrogens with zero attached hydrogens (tertiary/aromatic N) is 1. The molecule has 0 saturated carbocycles. The van der Waals surface area contributed by atoms with Gasteiger partial charge in [0, 0.05) is 24.3 Å². The topological polar surface area (TPSA) is 108 Å². The van der Waals surface area contributed by atoms with Crippen molar-refractivity contribution in [1.82, 2.24) is 0 Å². The highest BCUT2D eigenvalue weighted by Crippen LogP contribution is 2.48. The van der Waals surface area contributed by atoms with Gasteiger partial charge in [0.25, 0.3) is 0 Å². The van der Waals surface area contributed by atoms with Crippen LogP contribution in [-0.2, 0) is 9.53 Å². The molecule has 0 spiro atoms. The molecule has 2 aliphatic heterocycles. The Morgan fingerprint density at radius 1 is 1.14 bits per heavy atom. The molecule has 1 aromatic heterocycles. The predicted octanol–water partition coefficient (Wildman–Crippen LogP) is 3.22. The fraction of sp³-hybridized carbons (Fsp3) is 0.238. The number of furan rings is 1. The first kappa shape index (κ1) is 16.5. The van der Waals surface area contributed by atoms with Gasteiger partial charge in [-0.15, -0.1) is 0 Å². The van der Waals surface area contributed by atoms with Crippen molar-refractivity contribution in [2.75, 3.05) is 6.79 Å². The minimum atomic E-state index is -0.590. The fourth-order valence-corrected chi connectivity index (χ4v) is 4.06. The van der Waals surface area contributed by atoms with Gasteiger partial charge in [0.05, 0.1) is 12.2 Å². The van der Waals surface area contributed by atoms with Crippen LogP contribution >= 0.6 is 0 Å².